The Labute approximate surface area is 128 Å². The lowest BCUT2D eigenvalue weighted by Crippen LogP contribution is -2.44. The van der Waals surface area contributed by atoms with Crippen LogP contribution < -0.4 is 21.3 Å². The normalized spacial score (nSPS) is 11.0. The van der Waals surface area contributed by atoms with Crippen LogP contribution in [0.5, 0.6) is 0 Å². The SMILES string of the molecule is CCOC(=O)Nc1ccc(N[C@@H](C)C(=O)NC(=O)NC)cc1. The van der Waals surface area contributed by atoms with Gasteiger partial charge in [0.25, 0.3) is 0 Å². The lowest BCUT2D eigenvalue weighted by atomic mass is 10.2. The monoisotopic (exact) mass is 308 g/mol. The van der Waals surface area contributed by atoms with Gasteiger partial charge in [-0.05, 0) is 38.1 Å². The standard InChI is InChI=1S/C14H20N4O4/c1-4-22-14(21)17-11-7-5-10(6-8-11)16-9(2)12(19)18-13(20)15-3/h5-9,16H,4H2,1-3H3,(H,17,21)(H2,15,18,19,20)/t9-/m0/s1. The molecule has 0 bridgehead atoms. The van der Waals surface area contributed by atoms with E-state index in [0.29, 0.717) is 18.0 Å². The summed E-state index contributed by atoms with van der Waals surface area (Å²) in [6.07, 6.45) is -0.526. The molecular formula is C14H20N4O4. The fraction of sp³-hybridized carbons (Fsp3) is 0.357. The summed E-state index contributed by atoms with van der Waals surface area (Å²) in [4.78, 5) is 34.0. The Kier molecular flexibility index (Phi) is 6.68. The number of benzene rings is 1. The molecule has 1 aromatic rings. The molecule has 120 valence electrons. The molecule has 0 unspecified atom stereocenters. The van der Waals surface area contributed by atoms with Crippen molar-refractivity contribution in [3.8, 4) is 0 Å². The second-order valence-electron chi connectivity index (χ2n) is 4.36. The van der Waals surface area contributed by atoms with Crippen molar-refractivity contribution in [2.75, 3.05) is 24.3 Å². The largest absolute Gasteiger partial charge is 0.450 e. The van der Waals surface area contributed by atoms with Gasteiger partial charge in [0, 0.05) is 18.4 Å². The highest BCUT2D eigenvalue weighted by molar-refractivity contribution is 5.97. The van der Waals surface area contributed by atoms with E-state index >= 15 is 0 Å². The number of anilines is 2. The van der Waals surface area contributed by atoms with Crippen LogP contribution in [0.3, 0.4) is 0 Å². The number of imide groups is 1. The number of nitrogens with one attached hydrogen (secondary N) is 4. The average Bonchev–Trinajstić information content (AvgIpc) is 2.49. The number of carbonyl (C=O) groups excluding carboxylic acids is 3. The van der Waals surface area contributed by atoms with E-state index < -0.39 is 24.1 Å². The van der Waals surface area contributed by atoms with Crippen molar-refractivity contribution in [1.29, 1.82) is 0 Å². The molecule has 8 heteroatoms. The van der Waals surface area contributed by atoms with Gasteiger partial charge in [0.05, 0.1) is 6.61 Å². The van der Waals surface area contributed by atoms with Crippen LogP contribution >= 0.6 is 0 Å². The van der Waals surface area contributed by atoms with Crippen LogP contribution in [0.4, 0.5) is 21.0 Å². The lowest BCUT2D eigenvalue weighted by Gasteiger charge is -2.15. The number of rotatable bonds is 5. The molecule has 0 aliphatic heterocycles. The molecule has 4 amide bonds. The smallest absolute Gasteiger partial charge is 0.411 e. The molecular weight excluding hydrogens is 288 g/mol. The summed E-state index contributed by atoms with van der Waals surface area (Å²) in [5.74, 6) is -0.451. The summed E-state index contributed by atoms with van der Waals surface area (Å²) >= 11 is 0. The molecule has 0 spiro atoms. The average molecular weight is 308 g/mol. The summed E-state index contributed by atoms with van der Waals surface area (Å²) in [6.45, 7) is 3.64. The zero-order chi connectivity index (χ0) is 16.5. The Morgan fingerprint density at radius 1 is 1.14 bits per heavy atom. The molecule has 0 fully saturated rings. The Morgan fingerprint density at radius 3 is 2.27 bits per heavy atom. The zero-order valence-electron chi connectivity index (χ0n) is 12.7. The van der Waals surface area contributed by atoms with Gasteiger partial charge in [-0.3, -0.25) is 15.4 Å². The third-order valence-electron chi connectivity index (χ3n) is 2.65. The lowest BCUT2D eigenvalue weighted by molar-refractivity contribution is -0.120. The topological polar surface area (TPSA) is 109 Å². The van der Waals surface area contributed by atoms with Crippen LogP contribution in [0.2, 0.25) is 0 Å². The zero-order valence-corrected chi connectivity index (χ0v) is 12.7. The summed E-state index contributed by atoms with van der Waals surface area (Å²) in [6, 6.07) is 5.58. The highest BCUT2D eigenvalue weighted by atomic mass is 16.5. The summed E-state index contributed by atoms with van der Waals surface area (Å²) in [7, 11) is 1.43. The van der Waals surface area contributed by atoms with Gasteiger partial charge in [-0.1, -0.05) is 0 Å². The molecule has 0 aliphatic rings. The predicted molar refractivity (Wildman–Crippen MR) is 82.8 cm³/mol. The third-order valence-corrected chi connectivity index (χ3v) is 2.65. The minimum atomic E-state index is -0.596. The Bertz CT molecular complexity index is 530. The van der Waals surface area contributed by atoms with Crippen molar-refractivity contribution in [2.45, 2.75) is 19.9 Å². The second kappa shape index (κ2) is 8.50. The van der Waals surface area contributed by atoms with Crippen molar-refractivity contribution in [2.24, 2.45) is 0 Å². The molecule has 4 N–H and O–H groups in total. The van der Waals surface area contributed by atoms with Gasteiger partial charge in [-0.2, -0.15) is 0 Å². The van der Waals surface area contributed by atoms with Crippen LogP contribution in [0.15, 0.2) is 24.3 Å². The van der Waals surface area contributed by atoms with Crippen LogP contribution in [-0.2, 0) is 9.53 Å². The van der Waals surface area contributed by atoms with E-state index in [9.17, 15) is 14.4 Å². The van der Waals surface area contributed by atoms with E-state index in [0.717, 1.165) is 0 Å². The van der Waals surface area contributed by atoms with Crippen molar-refractivity contribution >= 4 is 29.4 Å². The minimum absolute atomic E-state index is 0.295. The van der Waals surface area contributed by atoms with E-state index in [1.54, 1.807) is 38.1 Å². The van der Waals surface area contributed by atoms with Gasteiger partial charge in [0.1, 0.15) is 6.04 Å². The second-order valence-corrected chi connectivity index (χ2v) is 4.36. The molecule has 22 heavy (non-hydrogen) atoms. The van der Waals surface area contributed by atoms with Gasteiger partial charge in [-0.25, -0.2) is 9.59 Å². The molecule has 0 saturated carbocycles. The van der Waals surface area contributed by atoms with Crippen LogP contribution in [0.25, 0.3) is 0 Å². The van der Waals surface area contributed by atoms with Gasteiger partial charge >= 0.3 is 12.1 Å². The summed E-state index contributed by atoms with van der Waals surface area (Å²) in [5, 5.41) is 9.98. The Morgan fingerprint density at radius 2 is 1.73 bits per heavy atom. The van der Waals surface area contributed by atoms with Crippen LogP contribution in [0.1, 0.15) is 13.8 Å². The molecule has 0 radical (unpaired) electrons. The van der Waals surface area contributed by atoms with E-state index in [-0.39, 0.29) is 0 Å². The van der Waals surface area contributed by atoms with E-state index in [4.69, 9.17) is 4.74 Å². The molecule has 0 aromatic heterocycles. The quantitative estimate of drug-likeness (QED) is 0.659. The van der Waals surface area contributed by atoms with Gasteiger partial charge in [-0.15, -0.1) is 0 Å². The fourth-order valence-electron chi connectivity index (χ4n) is 1.53. The summed E-state index contributed by atoms with van der Waals surface area (Å²) < 4.78 is 4.76. The van der Waals surface area contributed by atoms with Crippen molar-refractivity contribution in [3.63, 3.8) is 0 Å². The fourth-order valence-corrected chi connectivity index (χ4v) is 1.53. The van der Waals surface area contributed by atoms with Gasteiger partial charge in [0.2, 0.25) is 5.91 Å². The Hall–Kier alpha value is -2.77. The molecule has 0 heterocycles. The first-order valence-corrected chi connectivity index (χ1v) is 6.79. The van der Waals surface area contributed by atoms with Gasteiger partial charge < -0.3 is 15.4 Å². The van der Waals surface area contributed by atoms with Crippen LogP contribution in [0, 0.1) is 0 Å². The Balaban J connectivity index is 2.54. The maximum absolute atomic E-state index is 11.7. The van der Waals surface area contributed by atoms with Gasteiger partial charge in [0.15, 0.2) is 0 Å². The van der Waals surface area contributed by atoms with Crippen molar-refractivity contribution in [3.05, 3.63) is 24.3 Å². The summed E-state index contributed by atoms with van der Waals surface area (Å²) in [5.41, 5.74) is 1.25. The number of ether oxygens (including phenoxy) is 1. The number of carbonyl (C=O) groups is 3. The van der Waals surface area contributed by atoms with Crippen LogP contribution in [-0.4, -0.2) is 37.7 Å². The van der Waals surface area contributed by atoms with Crippen molar-refractivity contribution in [1.82, 2.24) is 10.6 Å². The first-order chi connectivity index (χ1) is 10.5. The maximum Gasteiger partial charge on any atom is 0.411 e. The predicted octanol–water partition coefficient (Wildman–Crippen LogP) is 1.51. The highest BCUT2D eigenvalue weighted by Crippen LogP contribution is 2.14. The molecule has 0 saturated heterocycles. The van der Waals surface area contributed by atoms with E-state index in [2.05, 4.69) is 21.3 Å². The third kappa shape index (κ3) is 5.70. The number of hydrogen-bond donors (Lipinski definition) is 4. The number of hydrogen-bond acceptors (Lipinski definition) is 5. The number of amides is 4. The maximum atomic E-state index is 11.7. The molecule has 0 aliphatic carbocycles. The van der Waals surface area contributed by atoms with E-state index in [1.807, 2.05) is 0 Å². The number of urea groups is 1. The minimum Gasteiger partial charge on any atom is -0.450 e. The molecule has 1 aromatic carbocycles. The first kappa shape index (κ1) is 17.3. The highest BCUT2D eigenvalue weighted by Gasteiger charge is 2.14. The molecule has 1 atom stereocenters. The first-order valence-electron chi connectivity index (χ1n) is 6.79. The van der Waals surface area contributed by atoms with Crippen molar-refractivity contribution < 1.29 is 19.1 Å². The molecule has 1 rings (SSSR count). The van der Waals surface area contributed by atoms with E-state index in [1.165, 1.54) is 7.05 Å². The molecule has 8 nitrogen and oxygen atoms in total.